The van der Waals surface area contributed by atoms with E-state index in [1.54, 1.807) is 12.3 Å². The molecular formula is C13H12N2O2. The summed E-state index contributed by atoms with van der Waals surface area (Å²) in [7, 11) is 0. The number of rotatable bonds is 3. The molecule has 0 radical (unpaired) electrons. The molecule has 0 bridgehead atoms. The maximum atomic E-state index is 11.8. The van der Waals surface area contributed by atoms with Crippen LogP contribution in [0.25, 0.3) is 0 Å². The van der Waals surface area contributed by atoms with Crippen molar-refractivity contribution < 1.29 is 5.11 Å². The van der Waals surface area contributed by atoms with Crippen LogP contribution in [0.1, 0.15) is 5.56 Å². The third-order valence-electron chi connectivity index (χ3n) is 2.48. The molecule has 4 nitrogen and oxygen atoms in total. The van der Waals surface area contributed by atoms with Gasteiger partial charge >= 0.3 is 0 Å². The van der Waals surface area contributed by atoms with E-state index in [2.05, 4.69) is 11.7 Å². The molecule has 86 valence electrons. The van der Waals surface area contributed by atoms with E-state index in [0.29, 0.717) is 6.54 Å². The number of aromatic hydroxyl groups is 1. The third kappa shape index (κ3) is 2.25. The minimum absolute atomic E-state index is 0.208. The molecule has 0 fully saturated rings. The Kier molecular flexibility index (Phi) is 3.05. The van der Waals surface area contributed by atoms with Crippen molar-refractivity contribution in [1.82, 2.24) is 4.57 Å². The molecule has 0 saturated heterocycles. The van der Waals surface area contributed by atoms with Crippen LogP contribution in [-0.2, 0) is 6.54 Å². The second-order valence-corrected chi connectivity index (χ2v) is 3.63. The summed E-state index contributed by atoms with van der Waals surface area (Å²) >= 11 is 0. The summed E-state index contributed by atoms with van der Waals surface area (Å²) in [4.78, 5) is 15.3. The van der Waals surface area contributed by atoms with Gasteiger partial charge in [0.15, 0.2) is 0 Å². The lowest BCUT2D eigenvalue weighted by molar-refractivity contribution is 0.461. The van der Waals surface area contributed by atoms with Gasteiger partial charge in [0, 0.05) is 6.20 Å². The fourth-order valence-corrected chi connectivity index (χ4v) is 1.59. The maximum absolute atomic E-state index is 11.8. The van der Waals surface area contributed by atoms with Gasteiger partial charge in [-0.2, -0.15) is 0 Å². The zero-order valence-corrected chi connectivity index (χ0v) is 9.21. The quantitative estimate of drug-likeness (QED) is 0.816. The Morgan fingerprint density at radius 2 is 1.94 bits per heavy atom. The van der Waals surface area contributed by atoms with Crippen molar-refractivity contribution in [3.05, 3.63) is 58.5 Å². The van der Waals surface area contributed by atoms with Crippen LogP contribution in [0, 0.1) is 0 Å². The molecule has 0 unspecified atom stereocenters. The van der Waals surface area contributed by atoms with Crippen LogP contribution in [-0.4, -0.2) is 16.4 Å². The van der Waals surface area contributed by atoms with Crippen molar-refractivity contribution in [2.75, 3.05) is 0 Å². The molecule has 0 aliphatic heterocycles. The monoisotopic (exact) mass is 228 g/mol. The molecule has 0 saturated carbocycles. The highest BCUT2D eigenvalue weighted by Crippen LogP contribution is 2.20. The van der Waals surface area contributed by atoms with Crippen molar-refractivity contribution in [3.63, 3.8) is 0 Å². The summed E-state index contributed by atoms with van der Waals surface area (Å²) in [6.07, 6.45) is 1.60. The molecule has 1 aromatic carbocycles. The molecule has 1 N–H and O–H groups in total. The first-order valence-electron chi connectivity index (χ1n) is 5.15. The molecule has 0 amide bonds. The molecule has 1 heterocycles. The minimum atomic E-state index is -0.459. The number of aliphatic imine (C=N–C) groups is 1. The molecule has 2 aromatic rings. The second-order valence-electron chi connectivity index (χ2n) is 3.63. The molecule has 4 heteroatoms. The van der Waals surface area contributed by atoms with Crippen molar-refractivity contribution in [1.29, 1.82) is 0 Å². The third-order valence-corrected chi connectivity index (χ3v) is 2.48. The lowest BCUT2D eigenvalue weighted by Gasteiger charge is -2.07. The van der Waals surface area contributed by atoms with Crippen LogP contribution < -0.4 is 5.56 Å². The van der Waals surface area contributed by atoms with E-state index >= 15 is 0 Å². The highest BCUT2D eigenvalue weighted by molar-refractivity contribution is 5.53. The largest absolute Gasteiger partial charge is 0.502 e. The summed E-state index contributed by atoms with van der Waals surface area (Å²) in [5.41, 5.74) is 0.742. The van der Waals surface area contributed by atoms with Gasteiger partial charge in [0.2, 0.25) is 5.75 Å². The Bertz CT molecular complexity index is 588. The first-order valence-corrected chi connectivity index (χ1v) is 5.15. The van der Waals surface area contributed by atoms with Crippen molar-refractivity contribution in [2.24, 2.45) is 4.99 Å². The number of nitrogens with zero attached hydrogens (tertiary/aromatic N) is 2. The van der Waals surface area contributed by atoms with Crippen molar-refractivity contribution >= 4 is 12.4 Å². The van der Waals surface area contributed by atoms with Crippen LogP contribution in [0.15, 0.2) is 52.4 Å². The fourth-order valence-electron chi connectivity index (χ4n) is 1.59. The topological polar surface area (TPSA) is 54.6 Å². The number of aromatic nitrogens is 1. The van der Waals surface area contributed by atoms with E-state index < -0.39 is 5.56 Å². The standard InChI is InChI=1S/C13H12N2O2/c1-14-11-7-8-15(13(17)12(11)16)9-10-5-3-2-4-6-10/h2-8,16H,1,9H2. The van der Waals surface area contributed by atoms with Crippen LogP contribution in [0.3, 0.4) is 0 Å². The van der Waals surface area contributed by atoms with Crippen LogP contribution >= 0.6 is 0 Å². The van der Waals surface area contributed by atoms with E-state index in [1.807, 2.05) is 30.3 Å². The lowest BCUT2D eigenvalue weighted by atomic mass is 10.2. The van der Waals surface area contributed by atoms with Gasteiger partial charge in [0.05, 0.1) is 6.54 Å². The first kappa shape index (κ1) is 11.1. The Morgan fingerprint density at radius 1 is 1.24 bits per heavy atom. The molecule has 2 rings (SSSR count). The van der Waals surface area contributed by atoms with E-state index in [9.17, 15) is 9.90 Å². The first-order chi connectivity index (χ1) is 8.22. The Balaban J connectivity index is 2.38. The lowest BCUT2D eigenvalue weighted by Crippen LogP contribution is -2.19. The number of hydrogen-bond donors (Lipinski definition) is 1. The summed E-state index contributed by atoms with van der Waals surface area (Å²) in [6.45, 7) is 3.71. The summed E-state index contributed by atoms with van der Waals surface area (Å²) in [6, 6.07) is 11.1. The van der Waals surface area contributed by atoms with Gasteiger partial charge in [-0.25, -0.2) is 0 Å². The average Bonchev–Trinajstić information content (AvgIpc) is 2.37. The van der Waals surface area contributed by atoms with E-state index in [4.69, 9.17) is 0 Å². The molecule has 0 spiro atoms. The predicted molar refractivity (Wildman–Crippen MR) is 67.1 cm³/mol. The summed E-state index contributed by atoms with van der Waals surface area (Å²) in [5, 5.41) is 9.59. The second kappa shape index (κ2) is 4.65. The van der Waals surface area contributed by atoms with Gasteiger partial charge in [-0.05, 0) is 18.3 Å². The van der Waals surface area contributed by atoms with Crippen LogP contribution in [0.5, 0.6) is 5.75 Å². The molecule has 0 aliphatic rings. The smallest absolute Gasteiger partial charge is 0.295 e. The van der Waals surface area contributed by atoms with Crippen molar-refractivity contribution in [3.8, 4) is 5.75 Å². The molecular weight excluding hydrogens is 216 g/mol. The van der Waals surface area contributed by atoms with Gasteiger partial charge in [0.1, 0.15) is 5.69 Å². The SMILES string of the molecule is C=Nc1ccn(Cc2ccccc2)c(=O)c1O. The molecule has 17 heavy (non-hydrogen) atoms. The van der Waals surface area contributed by atoms with Gasteiger partial charge in [-0.15, -0.1) is 0 Å². The average molecular weight is 228 g/mol. The Morgan fingerprint density at radius 3 is 2.59 bits per heavy atom. The van der Waals surface area contributed by atoms with E-state index in [1.165, 1.54) is 4.57 Å². The zero-order valence-electron chi connectivity index (χ0n) is 9.21. The van der Waals surface area contributed by atoms with Crippen LogP contribution in [0.2, 0.25) is 0 Å². The number of hydrogen-bond acceptors (Lipinski definition) is 3. The Labute approximate surface area is 98.5 Å². The van der Waals surface area contributed by atoms with Gasteiger partial charge in [-0.1, -0.05) is 30.3 Å². The molecule has 0 atom stereocenters. The maximum Gasteiger partial charge on any atom is 0.295 e. The number of pyridine rings is 1. The number of benzene rings is 1. The Hall–Kier alpha value is -2.36. The fraction of sp³-hybridized carbons (Fsp3) is 0.0769. The summed E-state index contributed by atoms with van der Waals surface area (Å²) in [5.74, 6) is -0.363. The normalized spacial score (nSPS) is 10.1. The molecule has 1 aromatic heterocycles. The van der Waals surface area contributed by atoms with Gasteiger partial charge < -0.3 is 9.67 Å². The van der Waals surface area contributed by atoms with E-state index in [-0.39, 0.29) is 11.4 Å². The summed E-state index contributed by atoms with van der Waals surface area (Å²) < 4.78 is 1.43. The highest BCUT2D eigenvalue weighted by Gasteiger charge is 2.07. The zero-order chi connectivity index (χ0) is 12.3. The highest BCUT2D eigenvalue weighted by atomic mass is 16.3. The predicted octanol–water partition coefficient (Wildman–Crippen LogP) is 1.93. The van der Waals surface area contributed by atoms with Gasteiger partial charge in [-0.3, -0.25) is 9.79 Å². The van der Waals surface area contributed by atoms with Crippen molar-refractivity contribution in [2.45, 2.75) is 6.54 Å². The molecule has 0 aliphatic carbocycles. The van der Waals surface area contributed by atoms with Crippen LogP contribution in [0.4, 0.5) is 5.69 Å². The van der Waals surface area contributed by atoms with E-state index in [0.717, 1.165) is 5.56 Å². The van der Waals surface area contributed by atoms with Gasteiger partial charge in [0.25, 0.3) is 5.56 Å². The minimum Gasteiger partial charge on any atom is -0.502 e.